The monoisotopic (exact) mass is 333 g/mol. The second-order valence-corrected chi connectivity index (χ2v) is 5.30. The van der Waals surface area contributed by atoms with Crippen LogP contribution >= 0.6 is 23.2 Å². The number of hydrogen-bond acceptors (Lipinski definition) is 3. The lowest BCUT2D eigenvalue weighted by Crippen LogP contribution is -2.26. The first-order chi connectivity index (χ1) is 10.6. The Kier molecular flexibility index (Phi) is 3.83. The molecule has 0 fully saturated rings. The van der Waals surface area contributed by atoms with E-state index in [2.05, 4.69) is 10.3 Å². The van der Waals surface area contributed by atoms with Crippen LogP contribution in [-0.4, -0.2) is 15.3 Å². The highest BCUT2D eigenvalue weighted by atomic mass is 35.5. The van der Waals surface area contributed by atoms with Crippen LogP contribution in [0.25, 0.3) is 5.65 Å². The van der Waals surface area contributed by atoms with Crippen molar-refractivity contribution in [1.29, 1.82) is 0 Å². The molecule has 0 saturated carbocycles. The molecule has 7 heteroatoms. The van der Waals surface area contributed by atoms with Gasteiger partial charge in [0.25, 0.3) is 11.5 Å². The predicted octanol–water partition coefficient (Wildman–Crippen LogP) is 3.25. The highest BCUT2D eigenvalue weighted by Crippen LogP contribution is 2.25. The lowest BCUT2D eigenvalue weighted by atomic mass is 10.2. The average Bonchev–Trinajstić information content (AvgIpc) is 2.51. The van der Waals surface area contributed by atoms with Gasteiger partial charge < -0.3 is 5.32 Å². The van der Waals surface area contributed by atoms with Gasteiger partial charge in [0.05, 0.1) is 10.0 Å². The first-order valence-electron chi connectivity index (χ1n) is 6.29. The molecule has 1 aromatic carbocycles. The third-order valence-corrected chi connectivity index (χ3v) is 3.77. The molecule has 0 saturated heterocycles. The van der Waals surface area contributed by atoms with Crippen molar-refractivity contribution in [2.24, 2.45) is 0 Å². The van der Waals surface area contributed by atoms with Gasteiger partial charge in [0.15, 0.2) is 0 Å². The Balaban J connectivity index is 1.97. The van der Waals surface area contributed by atoms with Crippen LogP contribution < -0.4 is 10.9 Å². The van der Waals surface area contributed by atoms with E-state index >= 15 is 0 Å². The number of anilines is 1. The molecular weight excluding hydrogens is 325 g/mol. The summed E-state index contributed by atoms with van der Waals surface area (Å²) in [5.41, 5.74) is 0.411. The van der Waals surface area contributed by atoms with Crippen LogP contribution in [0, 0.1) is 0 Å². The highest BCUT2D eigenvalue weighted by molar-refractivity contribution is 6.42. The largest absolute Gasteiger partial charge is 0.322 e. The zero-order valence-corrected chi connectivity index (χ0v) is 12.6. The number of halogens is 2. The van der Waals surface area contributed by atoms with Crippen molar-refractivity contribution in [3.63, 3.8) is 0 Å². The van der Waals surface area contributed by atoms with Gasteiger partial charge in [-0.1, -0.05) is 29.3 Å². The third kappa shape index (κ3) is 2.68. The minimum Gasteiger partial charge on any atom is -0.322 e. The molecule has 0 bridgehead atoms. The van der Waals surface area contributed by atoms with Crippen LogP contribution in [0.15, 0.2) is 53.6 Å². The Hall–Kier alpha value is -2.37. The van der Waals surface area contributed by atoms with Crippen molar-refractivity contribution in [1.82, 2.24) is 9.38 Å². The number of pyridine rings is 1. The zero-order valence-electron chi connectivity index (χ0n) is 11.1. The molecule has 0 aliphatic carbocycles. The lowest BCUT2D eigenvalue weighted by molar-refractivity contribution is 0.102. The van der Waals surface area contributed by atoms with Gasteiger partial charge in [-0.3, -0.25) is 14.0 Å². The molecule has 1 N–H and O–H groups in total. The number of amides is 1. The second kappa shape index (κ2) is 5.79. The lowest BCUT2D eigenvalue weighted by Gasteiger charge is -2.07. The SMILES string of the molecule is O=C(Nc1ccc(Cl)c(Cl)c1)c1cnc2ccccn2c1=O. The summed E-state index contributed by atoms with van der Waals surface area (Å²) < 4.78 is 1.31. The fraction of sp³-hybridized carbons (Fsp3) is 0. The van der Waals surface area contributed by atoms with Crippen molar-refractivity contribution >= 4 is 40.4 Å². The molecule has 2 aromatic heterocycles. The Morgan fingerprint density at radius 1 is 1.14 bits per heavy atom. The van der Waals surface area contributed by atoms with Crippen LogP contribution in [0.5, 0.6) is 0 Å². The summed E-state index contributed by atoms with van der Waals surface area (Å²) in [4.78, 5) is 28.6. The molecule has 5 nitrogen and oxygen atoms in total. The minimum absolute atomic E-state index is 0.0604. The third-order valence-electron chi connectivity index (χ3n) is 3.04. The first kappa shape index (κ1) is 14.6. The number of aromatic nitrogens is 2. The Morgan fingerprint density at radius 3 is 2.73 bits per heavy atom. The molecule has 3 aromatic rings. The number of nitrogens with zero attached hydrogens (tertiary/aromatic N) is 2. The standard InChI is InChI=1S/C15H9Cl2N3O2/c16-11-5-4-9(7-12(11)17)19-14(21)10-8-18-13-3-1-2-6-20(13)15(10)22/h1-8H,(H,19,21). The smallest absolute Gasteiger partial charge is 0.270 e. The quantitative estimate of drug-likeness (QED) is 0.782. The van der Waals surface area contributed by atoms with Crippen LogP contribution in [0.4, 0.5) is 5.69 Å². The zero-order chi connectivity index (χ0) is 15.7. The van der Waals surface area contributed by atoms with Crippen LogP contribution in [-0.2, 0) is 0 Å². The first-order valence-corrected chi connectivity index (χ1v) is 7.04. The Bertz CT molecular complexity index is 937. The molecule has 0 radical (unpaired) electrons. The van der Waals surface area contributed by atoms with E-state index in [0.717, 1.165) is 0 Å². The number of benzene rings is 1. The van der Waals surface area contributed by atoms with Gasteiger partial charge >= 0.3 is 0 Å². The summed E-state index contributed by atoms with van der Waals surface area (Å²) in [5.74, 6) is -0.561. The van der Waals surface area contributed by atoms with Gasteiger partial charge in [-0.15, -0.1) is 0 Å². The number of nitrogens with one attached hydrogen (secondary N) is 1. The fourth-order valence-electron chi connectivity index (χ4n) is 1.95. The van der Waals surface area contributed by atoms with Gasteiger partial charge in [-0.2, -0.15) is 0 Å². The van der Waals surface area contributed by atoms with Crippen molar-refractivity contribution in [3.8, 4) is 0 Å². The molecule has 1 amide bonds. The predicted molar refractivity (Wildman–Crippen MR) is 85.9 cm³/mol. The number of rotatable bonds is 2. The molecule has 0 aliphatic rings. The normalized spacial score (nSPS) is 10.6. The maximum absolute atomic E-state index is 12.3. The van der Waals surface area contributed by atoms with Gasteiger partial charge in [-0.25, -0.2) is 4.98 Å². The van der Waals surface area contributed by atoms with E-state index < -0.39 is 11.5 Å². The summed E-state index contributed by atoms with van der Waals surface area (Å²) in [6, 6.07) is 9.80. The fourth-order valence-corrected chi connectivity index (χ4v) is 2.25. The molecule has 22 heavy (non-hydrogen) atoms. The summed E-state index contributed by atoms with van der Waals surface area (Å²) in [6.45, 7) is 0. The molecule has 0 atom stereocenters. The van der Waals surface area contributed by atoms with Crippen molar-refractivity contribution in [3.05, 3.63) is 74.8 Å². The Morgan fingerprint density at radius 2 is 1.95 bits per heavy atom. The highest BCUT2D eigenvalue weighted by Gasteiger charge is 2.13. The number of fused-ring (bicyclic) bond motifs is 1. The molecule has 0 spiro atoms. The van der Waals surface area contributed by atoms with Gasteiger partial charge in [-0.05, 0) is 30.3 Å². The molecule has 2 heterocycles. The van der Waals surface area contributed by atoms with E-state index in [-0.39, 0.29) is 5.56 Å². The maximum Gasteiger partial charge on any atom is 0.270 e. The second-order valence-electron chi connectivity index (χ2n) is 4.49. The van der Waals surface area contributed by atoms with Gasteiger partial charge in [0.2, 0.25) is 0 Å². The van der Waals surface area contributed by atoms with E-state index in [1.807, 2.05) is 0 Å². The topological polar surface area (TPSA) is 63.5 Å². The minimum atomic E-state index is -0.561. The number of hydrogen-bond donors (Lipinski definition) is 1. The van der Waals surface area contributed by atoms with Crippen LogP contribution in [0.2, 0.25) is 10.0 Å². The van der Waals surface area contributed by atoms with E-state index in [9.17, 15) is 9.59 Å². The number of carbonyl (C=O) groups excluding carboxylic acids is 1. The molecular formula is C15H9Cl2N3O2. The van der Waals surface area contributed by atoms with Crippen molar-refractivity contribution in [2.75, 3.05) is 5.32 Å². The van der Waals surface area contributed by atoms with Gasteiger partial charge in [0.1, 0.15) is 11.2 Å². The van der Waals surface area contributed by atoms with E-state index in [1.54, 1.807) is 36.5 Å². The van der Waals surface area contributed by atoms with Crippen LogP contribution in [0.3, 0.4) is 0 Å². The summed E-state index contributed by atoms with van der Waals surface area (Å²) in [7, 11) is 0. The summed E-state index contributed by atoms with van der Waals surface area (Å²) in [6.07, 6.45) is 2.81. The van der Waals surface area contributed by atoms with E-state index in [4.69, 9.17) is 23.2 Å². The van der Waals surface area contributed by atoms with Gasteiger partial charge in [0, 0.05) is 18.1 Å². The van der Waals surface area contributed by atoms with Crippen molar-refractivity contribution < 1.29 is 4.79 Å². The molecule has 0 unspecified atom stereocenters. The molecule has 110 valence electrons. The Labute approximate surface area is 135 Å². The summed E-state index contributed by atoms with van der Waals surface area (Å²) >= 11 is 11.7. The van der Waals surface area contributed by atoms with E-state index in [0.29, 0.717) is 21.4 Å². The maximum atomic E-state index is 12.3. The molecule has 0 aliphatic heterocycles. The molecule has 3 rings (SSSR count). The van der Waals surface area contributed by atoms with E-state index in [1.165, 1.54) is 16.7 Å². The van der Waals surface area contributed by atoms with Crippen LogP contribution in [0.1, 0.15) is 10.4 Å². The average molecular weight is 334 g/mol. The number of carbonyl (C=O) groups is 1. The summed E-state index contributed by atoms with van der Waals surface area (Å²) in [5, 5.41) is 3.29. The van der Waals surface area contributed by atoms with Crippen molar-refractivity contribution in [2.45, 2.75) is 0 Å².